The number of nitrogens with zero attached hydrogens (tertiary/aromatic N) is 1. The van der Waals surface area contributed by atoms with Crippen LogP contribution in [0.3, 0.4) is 0 Å². The van der Waals surface area contributed by atoms with E-state index in [1.807, 2.05) is 12.1 Å². The maximum absolute atomic E-state index is 5.23. The second kappa shape index (κ2) is 3.54. The summed E-state index contributed by atoms with van der Waals surface area (Å²) in [5, 5.41) is 0. The summed E-state index contributed by atoms with van der Waals surface area (Å²) in [7, 11) is 1.75. The lowest BCUT2D eigenvalue weighted by Crippen LogP contribution is -2.15. The number of ether oxygens (including phenoxy) is 1. The average Bonchev–Trinajstić information content (AvgIpc) is 3.00. The van der Waals surface area contributed by atoms with Crippen molar-refractivity contribution in [3.8, 4) is 0 Å². The largest absolute Gasteiger partial charge is 0.384 e. The Balaban J connectivity index is 2.27. The molecular weight excluding hydrogens is 174 g/mol. The van der Waals surface area contributed by atoms with Crippen molar-refractivity contribution in [3.63, 3.8) is 0 Å². The zero-order chi connectivity index (χ0) is 10.0. The van der Waals surface area contributed by atoms with E-state index in [1.54, 1.807) is 13.2 Å². The third-order valence-corrected chi connectivity index (χ3v) is 2.80. The lowest BCUT2D eigenvalue weighted by atomic mass is 10.0. The highest BCUT2D eigenvalue weighted by Crippen LogP contribution is 2.47. The van der Waals surface area contributed by atoms with Crippen molar-refractivity contribution in [3.05, 3.63) is 36.2 Å². The van der Waals surface area contributed by atoms with Crippen LogP contribution >= 0.6 is 0 Å². The Morgan fingerprint density at radius 3 is 2.93 bits per heavy atom. The van der Waals surface area contributed by atoms with Crippen LogP contribution in [0.4, 0.5) is 0 Å². The van der Waals surface area contributed by atoms with Gasteiger partial charge in [-0.15, -0.1) is 0 Å². The lowest BCUT2D eigenvalue weighted by molar-refractivity contribution is 0.170. The van der Waals surface area contributed by atoms with E-state index in [0.717, 1.165) is 18.0 Å². The van der Waals surface area contributed by atoms with Crippen LogP contribution in [-0.4, -0.2) is 18.7 Å². The van der Waals surface area contributed by atoms with Crippen LogP contribution in [0.1, 0.15) is 24.2 Å². The number of hydrogen-bond donors (Lipinski definition) is 0. The molecule has 0 atom stereocenters. The van der Waals surface area contributed by atoms with Gasteiger partial charge in [-0.3, -0.25) is 4.98 Å². The lowest BCUT2D eigenvalue weighted by Gasteiger charge is -2.13. The van der Waals surface area contributed by atoms with E-state index in [1.165, 1.54) is 12.8 Å². The Morgan fingerprint density at radius 1 is 1.57 bits per heavy atom. The van der Waals surface area contributed by atoms with Crippen LogP contribution in [0.25, 0.3) is 6.08 Å². The standard InChI is InChI=1S/C12H15NO/c1-3-10-5-4-6-11(13-10)12(7-8-12)9-14-2/h3-6H,1,7-9H2,2H3. The van der Waals surface area contributed by atoms with Gasteiger partial charge < -0.3 is 4.74 Å². The van der Waals surface area contributed by atoms with Crippen molar-refractivity contribution in [1.82, 2.24) is 4.98 Å². The molecule has 1 aliphatic carbocycles. The summed E-state index contributed by atoms with van der Waals surface area (Å²) < 4.78 is 5.23. The van der Waals surface area contributed by atoms with E-state index >= 15 is 0 Å². The van der Waals surface area contributed by atoms with Gasteiger partial charge in [0, 0.05) is 18.2 Å². The van der Waals surface area contributed by atoms with Crippen LogP contribution in [0.2, 0.25) is 0 Å². The molecule has 1 aliphatic rings. The predicted octanol–water partition coefficient (Wildman–Crippen LogP) is 2.40. The van der Waals surface area contributed by atoms with E-state index < -0.39 is 0 Å². The Labute approximate surface area is 84.6 Å². The molecule has 1 aromatic heterocycles. The topological polar surface area (TPSA) is 22.1 Å². The molecule has 1 heterocycles. The minimum atomic E-state index is 0.202. The molecule has 0 amide bonds. The van der Waals surface area contributed by atoms with Gasteiger partial charge in [0.15, 0.2) is 0 Å². The first-order valence-corrected chi connectivity index (χ1v) is 4.90. The molecule has 2 heteroatoms. The quantitative estimate of drug-likeness (QED) is 0.725. The Kier molecular flexibility index (Phi) is 2.38. The highest BCUT2D eigenvalue weighted by Gasteiger charge is 2.45. The zero-order valence-corrected chi connectivity index (χ0v) is 8.49. The second-order valence-electron chi connectivity index (χ2n) is 3.87. The molecule has 0 radical (unpaired) electrons. The van der Waals surface area contributed by atoms with Crippen LogP contribution in [0, 0.1) is 0 Å². The van der Waals surface area contributed by atoms with Crippen molar-refractivity contribution in [1.29, 1.82) is 0 Å². The smallest absolute Gasteiger partial charge is 0.0627 e. The van der Waals surface area contributed by atoms with Crippen molar-refractivity contribution in [2.75, 3.05) is 13.7 Å². The van der Waals surface area contributed by atoms with Gasteiger partial charge in [0.05, 0.1) is 12.3 Å². The van der Waals surface area contributed by atoms with E-state index in [2.05, 4.69) is 17.6 Å². The van der Waals surface area contributed by atoms with Crippen molar-refractivity contribution >= 4 is 6.08 Å². The van der Waals surface area contributed by atoms with Gasteiger partial charge in [-0.2, -0.15) is 0 Å². The minimum Gasteiger partial charge on any atom is -0.384 e. The number of aromatic nitrogens is 1. The summed E-state index contributed by atoms with van der Waals surface area (Å²) in [6, 6.07) is 6.09. The van der Waals surface area contributed by atoms with Gasteiger partial charge in [0.1, 0.15) is 0 Å². The van der Waals surface area contributed by atoms with E-state index in [-0.39, 0.29) is 5.41 Å². The van der Waals surface area contributed by atoms with Crippen molar-refractivity contribution in [2.24, 2.45) is 0 Å². The number of methoxy groups -OCH3 is 1. The maximum Gasteiger partial charge on any atom is 0.0627 e. The van der Waals surface area contributed by atoms with Gasteiger partial charge in [-0.05, 0) is 31.1 Å². The van der Waals surface area contributed by atoms with Crippen LogP contribution in [0.15, 0.2) is 24.8 Å². The van der Waals surface area contributed by atoms with Gasteiger partial charge >= 0.3 is 0 Å². The number of pyridine rings is 1. The summed E-state index contributed by atoms with van der Waals surface area (Å²) in [6.45, 7) is 4.51. The third kappa shape index (κ3) is 1.58. The molecule has 0 unspecified atom stereocenters. The maximum atomic E-state index is 5.23. The summed E-state index contributed by atoms with van der Waals surface area (Å²) in [5.74, 6) is 0. The van der Waals surface area contributed by atoms with Gasteiger partial charge in [0.25, 0.3) is 0 Å². The third-order valence-electron chi connectivity index (χ3n) is 2.80. The highest BCUT2D eigenvalue weighted by atomic mass is 16.5. The summed E-state index contributed by atoms with van der Waals surface area (Å²) in [4.78, 5) is 4.55. The minimum absolute atomic E-state index is 0.202. The Bertz CT molecular complexity index is 342. The molecule has 0 aromatic carbocycles. The van der Waals surface area contributed by atoms with Crippen LogP contribution < -0.4 is 0 Å². The Hall–Kier alpha value is -1.15. The molecule has 2 rings (SSSR count). The molecule has 1 saturated carbocycles. The number of hydrogen-bond acceptors (Lipinski definition) is 2. The molecule has 1 fully saturated rings. The molecular formula is C12H15NO. The van der Waals surface area contributed by atoms with Gasteiger partial charge in [-0.1, -0.05) is 12.6 Å². The molecule has 0 spiro atoms. The van der Waals surface area contributed by atoms with Crippen LogP contribution in [0.5, 0.6) is 0 Å². The average molecular weight is 189 g/mol. The fraction of sp³-hybridized carbons (Fsp3) is 0.417. The normalized spacial score (nSPS) is 17.8. The van der Waals surface area contributed by atoms with E-state index in [9.17, 15) is 0 Å². The molecule has 2 nitrogen and oxygen atoms in total. The SMILES string of the molecule is C=Cc1cccc(C2(COC)CC2)n1. The van der Waals surface area contributed by atoms with Crippen molar-refractivity contribution in [2.45, 2.75) is 18.3 Å². The predicted molar refractivity (Wildman–Crippen MR) is 57.1 cm³/mol. The monoisotopic (exact) mass is 189 g/mol. The first kappa shape index (κ1) is 9.41. The fourth-order valence-corrected chi connectivity index (χ4v) is 1.76. The molecule has 0 saturated heterocycles. The summed E-state index contributed by atoms with van der Waals surface area (Å²) >= 11 is 0. The number of rotatable bonds is 4. The van der Waals surface area contributed by atoms with Crippen molar-refractivity contribution < 1.29 is 4.74 Å². The van der Waals surface area contributed by atoms with Gasteiger partial charge in [-0.25, -0.2) is 0 Å². The highest BCUT2D eigenvalue weighted by molar-refractivity contribution is 5.42. The molecule has 0 N–H and O–H groups in total. The zero-order valence-electron chi connectivity index (χ0n) is 8.49. The summed E-state index contributed by atoms with van der Waals surface area (Å²) in [6.07, 6.45) is 4.16. The first-order chi connectivity index (χ1) is 6.80. The molecule has 74 valence electrons. The van der Waals surface area contributed by atoms with Crippen LogP contribution in [-0.2, 0) is 10.2 Å². The molecule has 1 aromatic rings. The first-order valence-electron chi connectivity index (χ1n) is 4.90. The molecule has 14 heavy (non-hydrogen) atoms. The molecule has 0 bridgehead atoms. The molecule has 0 aliphatic heterocycles. The van der Waals surface area contributed by atoms with E-state index in [0.29, 0.717) is 0 Å². The van der Waals surface area contributed by atoms with E-state index in [4.69, 9.17) is 4.74 Å². The van der Waals surface area contributed by atoms with Gasteiger partial charge in [0.2, 0.25) is 0 Å². The summed E-state index contributed by atoms with van der Waals surface area (Å²) in [5.41, 5.74) is 2.30. The Morgan fingerprint density at radius 2 is 2.36 bits per heavy atom. The fourth-order valence-electron chi connectivity index (χ4n) is 1.76. The second-order valence-corrected chi connectivity index (χ2v) is 3.87.